The van der Waals surface area contributed by atoms with Crippen LogP contribution in [0.2, 0.25) is 0 Å². The second-order valence-electron chi connectivity index (χ2n) is 4.05. The summed E-state index contributed by atoms with van der Waals surface area (Å²) in [5.41, 5.74) is -1.38. The molecule has 7 heteroatoms. The molecule has 0 aliphatic heterocycles. The highest BCUT2D eigenvalue weighted by atomic mass is 19.4. The molecule has 0 aliphatic rings. The van der Waals surface area contributed by atoms with Crippen LogP contribution in [-0.4, -0.2) is 14.9 Å². The Morgan fingerprint density at radius 1 is 1.26 bits per heavy atom. The van der Waals surface area contributed by atoms with E-state index < -0.39 is 29.2 Å². The van der Waals surface area contributed by atoms with Crippen LogP contribution in [0.5, 0.6) is 0 Å². The maximum atomic E-state index is 13.5. The van der Waals surface area contributed by atoms with Crippen molar-refractivity contribution < 1.29 is 22.7 Å². The lowest BCUT2D eigenvalue weighted by molar-refractivity contribution is -0.137. The van der Waals surface area contributed by atoms with Crippen LogP contribution in [0.1, 0.15) is 22.9 Å². The zero-order chi connectivity index (χ0) is 14.2. The fourth-order valence-electron chi connectivity index (χ4n) is 1.67. The van der Waals surface area contributed by atoms with Crippen molar-refractivity contribution in [3.63, 3.8) is 0 Å². The lowest BCUT2D eigenvalue weighted by Crippen LogP contribution is -2.10. The quantitative estimate of drug-likeness (QED) is 0.855. The van der Waals surface area contributed by atoms with Crippen LogP contribution in [0.15, 0.2) is 30.5 Å². The van der Waals surface area contributed by atoms with Gasteiger partial charge in [-0.2, -0.15) is 18.3 Å². The van der Waals surface area contributed by atoms with Gasteiger partial charge in [0.1, 0.15) is 11.9 Å². The minimum absolute atomic E-state index is 0.0840. The van der Waals surface area contributed by atoms with E-state index in [1.165, 1.54) is 16.9 Å². The summed E-state index contributed by atoms with van der Waals surface area (Å²) >= 11 is 0. The Balaban J connectivity index is 2.44. The van der Waals surface area contributed by atoms with Gasteiger partial charge in [-0.25, -0.2) is 4.39 Å². The summed E-state index contributed by atoms with van der Waals surface area (Å²) in [6.45, 7) is 0. The molecule has 102 valence electrons. The molecule has 0 bridgehead atoms. The van der Waals surface area contributed by atoms with E-state index in [1.54, 1.807) is 7.05 Å². The normalized spacial score (nSPS) is 13.6. The highest BCUT2D eigenvalue weighted by Gasteiger charge is 2.32. The van der Waals surface area contributed by atoms with Crippen LogP contribution in [0, 0.1) is 5.82 Å². The van der Waals surface area contributed by atoms with E-state index in [1.807, 2.05) is 0 Å². The highest BCUT2D eigenvalue weighted by molar-refractivity contribution is 5.32. The number of hydrogen-bond acceptors (Lipinski definition) is 2. The van der Waals surface area contributed by atoms with Crippen LogP contribution < -0.4 is 0 Å². The third kappa shape index (κ3) is 2.76. The molecule has 0 spiro atoms. The SMILES string of the molecule is Cn1ccc(C(O)c2cc(C(F)(F)F)ccc2F)n1. The second kappa shape index (κ2) is 4.65. The van der Waals surface area contributed by atoms with Gasteiger partial charge in [0.25, 0.3) is 0 Å². The van der Waals surface area contributed by atoms with Gasteiger partial charge in [0.2, 0.25) is 0 Å². The predicted molar refractivity (Wildman–Crippen MR) is 58.7 cm³/mol. The molecular weight excluding hydrogens is 264 g/mol. The number of benzene rings is 1. The van der Waals surface area contributed by atoms with Crippen molar-refractivity contribution in [3.05, 3.63) is 53.1 Å². The minimum atomic E-state index is -4.59. The van der Waals surface area contributed by atoms with Crippen LogP contribution in [0.25, 0.3) is 0 Å². The molecule has 0 amide bonds. The molecule has 1 aromatic heterocycles. The van der Waals surface area contributed by atoms with Gasteiger partial charge < -0.3 is 5.11 Å². The highest BCUT2D eigenvalue weighted by Crippen LogP contribution is 2.33. The average Bonchev–Trinajstić information content (AvgIpc) is 2.74. The van der Waals surface area contributed by atoms with Crippen molar-refractivity contribution in [2.45, 2.75) is 12.3 Å². The summed E-state index contributed by atoms with van der Waals surface area (Å²) in [6.07, 6.45) is -4.63. The summed E-state index contributed by atoms with van der Waals surface area (Å²) in [4.78, 5) is 0. The summed E-state index contributed by atoms with van der Waals surface area (Å²) in [5, 5.41) is 13.7. The number of hydrogen-bond donors (Lipinski definition) is 1. The third-order valence-electron chi connectivity index (χ3n) is 2.63. The van der Waals surface area contributed by atoms with Crippen LogP contribution in [0.4, 0.5) is 17.6 Å². The van der Waals surface area contributed by atoms with Gasteiger partial charge in [-0.05, 0) is 24.3 Å². The first-order chi connectivity index (χ1) is 8.79. The maximum absolute atomic E-state index is 13.5. The molecule has 1 unspecified atom stereocenters. The third-order valence-corrected chi connectivity index (χ3v) is 2.63. The zero-order valence-corrected chi connectivity index (χ0v) is 9.82. The number of alkyl halides is 3. The molecule has 2 rings (SSSR count). The molecule has 0 saturated heterocycles. The number of nitrogens with zero attached hydrogens (tertiary/aromatic N) is 2. The van der Waals surface area contributed by atoms with E-state index in [0.717, 1.165) is 0 Å². The lowest BCUT2D eigenvalue weighted by Gasteiger charge is -2.13. The molecule has 19 heavy (non-hydrogen) atoms. The monoisotopic (exact) mass is 274 g/mol. The topological polar surface area (TPSA) is 38.0 Å². The van der Waals surface area contributed by atoms with Crippen molar-refractivity contribution >= 4 is 0 Å². The van der Waals surface area contributed by atoms with Crippen molar-refractivity contribution in [1.82, 2.24) is 9.78 Å². The van der Waals surface area contributed by atoms with Crippen molar-refractivity contribution in [3.8, 4) is 0 Å². The number of aromatic nitrogens is 2. The molecule has 1 atom stereocenters. The van der Waals surface area contributed by atoms with E-state index in [-0.39, 0.29) is 5.69 Å². The molecule has 1 heterocycles. The average molecular weight is 274 g/mol. The smallest absolute Gasteiger partial charge is 0.382 e. The number of halogens is 4. The Hall–Kier alpha value is -1.89. The Kier molecular flexibility index (Phi) is 3.32. The molecule has 3 nitrogen and oxygen atoms in total. The Morgan fingerprint density at radius 3 is 2.47 bits per heavy atom. The Bertz CT molecular complexity index is 592. The Morgan fingerprint density at radius 2 is 1.95 bits per heavy atom. The van der Waals surface area contributed by atoms with Crippen molar-refractivity contribution in [2.24, 2.45) is 7.05 Å². The van der Waals surface area contributed by atoms with Gasteiger partial charge in [0.15, 0.2) is 0 Å². The molecule has 0 aliphatic carbocycles. The second-order valence-corrected chi connectivity index (χ2v) is 4.05. The van der Waals surface area contributed by atoms with Crippen molar-refractivity contribution in [1.29, 1.82) is 0 Å². The van der Waals surface area contributed by atoms with Crippen LogP contribution in [0.3, 0.4) is 0 Å². The number of aliphatic hydroxyl groups is 1. The van der Waals surface area contributed by atoms with Crippen molar-refractivity contribution in [2.75, 3.05) is 0 Å². The van der Waals surface area contributed by atoms with E-state index in [9.17, 15) is 22.7 Å². The first kappa shape index (κ1) is 13.5. The van der Waals surface area contributed by atoms with Gasteiger partial charge >= 0.3 is 6.18 Å². The fourth-order valence-corrected chi connectivity index (χ4v) is 1.67. The number of aryl methyl sites for hydroxylation is 1. The van der Waals surface area contributed by atoms with Gasteiger partial charge in [0, 0.05) is 18.8 Å². The first-order valence-corrected chi connectivity index (χ1v) is 5.33. The molecule has 1 aromatic carbocycles. The fraction of sp³-hybridized carbons (Fsp3) is 0.250. The van der Waals surface area contributed by atoms with E-state index in [4.69, 9.17) is 0 Å². The van der Waals surface area contributed by atoms with Gasteiger partial charge in [-0.1, -0.05) is 0 Å². The molecule has 0 radical (unpaired) electrons. The van der Waals surface area contributed by atoms with Gasteiger partial charge in [-0.3, -0.25) is 4.68 Å². The number of aliphatic hydroxyl groups excluding tert-OH is 1. The molecular formula is C12H10F4N2O. The largest absolute Gasteiger partial charge is 0.416 e. The number of rotatable bonds is 2. The summed E-state index contributed by atoms with van der Waals surface area (Å²) < 4.78 is 52.5. The van der Waals surface area contributed by atoms with E-state index >= 15 is 0 Å². The Labute approximate surface area is 106 Å². The predicted octanol–water partition coefficient (Wildman–Crippen LogP) is 2.66. The summed E-state index contributed by atoms with van der Waals surface area (Å²) in [7, 11) is 1.58. The zero-order valence-electron chi connectivity index (χ0n) is 9.82. The molecule has 0 fully saturated rings. The van der Waals surface area contributed by atoms with Gasteiger partial charge in [-0.15, -0.1) is 0 Å². The molecule has 2 aromatic rings. The summed E-state index contributed by atoms with van der Waals surface area (Å²) in [5.74, 6) is -0.911. The van der Waals surface area contributed by atoms with Gasteiger partial charge in [0.05, 0.1) is 11.3 Å². The van der Waals surface area contributed by atoms with Crippen LogP contribution >= 0.6 is 0 Å². The van der Waals surface area contributed by atoms with Crippen LogP contribution in [-0.2, 0) is 13.2 Å². The minimum Gasteiger partial charge on any atom is -0.382 e. The van der Waals surface area contributed by atoms with E-state index in [2.05, 4.69) is 5.10 Å². The molecule has 1 N–H and O–H groups in total. The maximum Gasteiger partial charge on any atom is 0.416 e. The first-order valence-electron chi connectivity index (χ1n) is 5.33. The lowest BCUT2D eigenvalue weighted by atomic mass is 10.0. The van der Waals surface area contributed by atoms with E-state index in [0.29, 0.717) is 18.2 Å². The molecule has 0 saturated carbocycles. The standard InChI is InChI=1S/C12H10F4N2O/c1-18-5-4-10(17-18)11(19)8-6-7(12(14,15)16)2-3-9(8)13/h2-6,11,19H,1H3. The summed E-state index contributed by atoms with van der Waals surface area (Å²) in [6, 6.07) is 3.31.